The Morgan fingerprint density at radius 2 is 1.93 bits per heavy atom. The Labute approximate surface area is 167 Å². The molecule has 8 heteroatoms. The normalized spacial score (nSPS) is 17.6. The molecule has 156 valence electrons. The Balaban J connectivity index is 1.58. The van der Waals surface area contributed by atoms with E-state index >= 15 is 0 Å². The molecule has 2 aliphatic rings. The van der Waals surface area contributed by atoms with Crippen molar-refractivity contribution in [1.29, 1.82) is 0 Å². The number of hydrogen-bond donors (Lipinski definition) is 2. The number of rotatable bonds is 11. The Bertz CT molecular complexity index is 771. The maximum Gasteiger partial charge on any atom is 0.251 e. The summed E-state index contributed by atoms with van der Waals surface area (Å²) in [5, 5.41) is 2.82. The van der Waals surface area contributed by atoms with Crippen LogP contribution in [0.2, 0.25) is 0 Å². The van der Waals surface area contributed by atoms with Gasteiger partial charge in [-0.15, -0.1) is 0 Å². The predicted molar refractivity (Wildman–Crippen MR) is 106 cm³/mol. The van der Waals surface area contributed by atoms with Gasteiger partial charge in [-0.1, -0.05) is 12.8 Å². The maximum atomic E-state index is 12.8. The van der Waals surface area contributed by atoms with Crippen LogP contribution in [0.5, 0.6) is 5.75 Å². The van der Waals surface area contributed by atoms with Gasteiger partial charge in [0.05, 0.1) is 7.11 Å². The van der Waals surface area contributed by atoms with Gasteiger partial charge in [-0.25, -0.2) is 13.1 Å². The highest BCUT2D eigenvalue weighted by molar-refractivity contribution is 7.89. The van der Waals surface area contributed by atoms with Gasteiger partial charge in [0.1, 0.15) is 10.6 Å². The third-order valence-corrected chi connectivity index (χ3v) is 6.74. The summed E-state index contributed by atoms with van der Waals surface area (Å²) in [6.45, 7) is 1.91. The number of ether oxygens (including phenoxy) is 2. The number of amides is 1. The molecular formula is C20H30N2O5S. The molecule has 0 aliphatic heterocycles. The van der Waals surface area contributed by atoms with E-state index in [1.54, 1.807) is 6.07 Å². The molecular weight excluding hydrogens is 380 g/mol. The van der Waals surface area contributed by atoms with E-state index in [-0.39, 0.29) is 22.6 Å². The first-order valence-corrected chi connectivity index (χ1v) is 11.5. The zero-order valence-corrected chi connectivity index (χ0v) is 17.2. The topological polar surface area (TPSA) is 93.7 Å². The Morgan fingerprint density at radius 1 is 1.18 bits per heavy atom. The zero-order valence-electron chi connectivity index (χ0n) is 16.4. The highest BCUT2D eigenvalue weighted by Crippen LogP contribution is 2.29. The number of carbonyl (C=O) groups is 1. The molecule has 0 saturated heterocycles. The molecule has 0 atom stereocenters. The van der Waals surface area contributed by atoms with Crippen LogP contribution in [0, 0.1) is 5.92 Å². The first-order chi connectivity index (χ1) is 13.5. The first kappa shape index (κ1) is 21.1. The van der Waals surface area contributed by atoms with Crippen LogP contribution in [0.25, 0.3) is 0 Å². The fraction of sp³-hybridized carbons (Fsp3) is 0.650. The average Bonchev–Trinajstić information content (AvgIpc) is 3.38. The second-order valence-corrected chi connectivity index (χ2v) is 9.28. The van der Waals surface area contributed by atoms with Crippen molar-refractivity contribution in [1.82, 2.24) is 10.0 Å². The van der Waals surface area contributed by atoms with Crippen molar-refractivity contribution in [3.63, 3.8) is 0 Å². The average molecular weight is 411 g/mol. The van der Waals surface area contributed by atoms with Crippen LogP contribution in [0.1, 0.15) is 55.3 Å². The Hall–Kier alpha value is -1.64. The molecule has 0 spiro atoms. The quantitative estimate of drug-likeness (QED) is 0.547. The summed E-state index contributed by atoms with van der Waals surface area (Å²) >= 11 is 0. The van der Waals surface area contributed by atoms with E-state index in [1.165, 1.54) is 32.1 Å². The number of nitrogens with one attached hydrogen (secondary N) is 2. The summed E-state index contributed by atoms with van der Waals surface area (Å²) < 4.78 is 39.1. The third-order valence-electron chi connectivity index (χ3n) is 5.19. The lowest BCUT2D eigenvalue weighted by molar-refractivity contribution is 0.0937. The minimum absolute atomic E-state index is 0.00215. The summed E-state index contributed by atoms with van der Waals surface area (Å²) in [7, 11) is -2.33. The van der Waals surface area contributed by atoms with Crippen molar-refractivity contribution in [2.75, 3.05) is 26.9 Å². The number of methoxy groups -OCH3 is 1. The molecule has 1 amide bonds. The Kier molecular flexibility index (Phi) is 7.31. The van der Waals surface area contributed by atoms with E-state index in [2.05, 4.69) is 10.0 Å². The molecule has 2 saturated carbocycles. The van der Waals surface area contributed by atoms with Crippen LogP contribution in [0.15, 0.2) is 23.1 Å². The lowest BCUT2D eigenvalue weighted by atomic mass is 10.2. The maximum absolute atomic E-state index is 12.8. The van der Waals surface area contributed by atoms with E-state index in [0.29, 0.717) is 18.7 Å². The molecule has 0 radical (unpaired) electrons. The minimum Gasteiger partial charge on any atom is -0.495 e. The molecule has 0 aromatic heterocycles. The van der Waals surface area contributed by atoms with Crippen molar-refractivity contribution in [3.05, 3.63) is 23.8 Å². The van der Waals surface area contributed by atoms with E-state index in [0.717, 1.165) is 44.6 Å². The highest BCUT2D eigenvalue weighted by Gasteiger charge is 2.26. The fourth-order valence-electron chi connectivity index (χ4n) is 3.37. The molecule has 3 rings (SSSR count). The number of hydrogen-bond acceptors (Lipinski definition) is 5. The molecule has 7 nitrogen and oxygen atoms in total. The summed E-state index contributed by atoms with van der Waals surface area (Å²) in [5.74, 6) is 0.657. The van der Waals surface area contributed by atoms with Crippen molar-refractivity contribution >= 4 is 15.9 Å². The van der Waals surface area contributed by atoms with E-state index in [4.69, 9.17) is 9.47 Å². The Morgan fingerprint density at radius 3 is 2.61 bits per heavy atom. The highest BCUT2D eigenvalue weighted by atomic mass is 32.2. The van der Waals surface area contributed by atoms with Gasteiger partial charge in [-0.05, 0) is 56.2 Å². The second kappa shape index (κ2) is 9.71. The standard InChI is InChI=1S/C20H30N2O5S/c1-26-18-10-9-16(20(23)21-11-4-12-27-14-15-7-8-15)13-19(18)28(24,25)22-17-5-2-3-6-17/h9-10,13,15,17,22H,2-8,11-12,14H2,1H3,(H,21,23). The van der Waals surface area contributed by atoms with Crippen molar-refractivity contribution in [2.45, 2.75) is 55.9 Å². The molecule has 28 heavy (non-hydrogen) atoms. The monoisotopic (exact) mass is 410 g/mol. The van der Waals surface area contributed by atoms with Crippen LogP contribution >= 0.6 is 0 Å². The summed E-state index contributed by atoms with van der Waals surface area (Å²) in [6.07, 6.45) is 6.97. The summed E-state index contributed by atoms with van der Waals surface area (Å²) in [5.41, 5.74) is 0.298. The van der Waals surface area contributed by atoms with Crippen molar-refractivity contribution < 1.29 is 22.7 Å². The third kappa shape index (κ3) is 5.93. The number of sulfonamides is 1. The second-order valence-electron chi connectivity index (χ2n) is 7.60. The van der Waals surface area contributed by atoms with Gasteiger partial charge in [0.2, 0.25) is 10.0 Å². The van der Waals surface area contributed by atoms with Crippen molar-refractivity contribution in [2.24, 2.45) is 5.92 Å². The molecule has 2 aliphatic carbocycles. The van der Waals surface area contributed by atoms with Gasteiger partial charge in [0.15, 0.2) is 0 Å². The van der Waals surface area contributed by atoms with Crippen molar-refractivity contribution in [3.8, 4) is 5.75 Å². The summed E-state index contributed by atoms with van der Waals surface area (Å²) in [6, 6.07) is 4.43. The molecule has 0 heterocycles. The van der Waals surface area contributed by atoms with Crippen LogP contribution in [0.4, 0.5) is 0 Å². The van der Waals surface area contributed by atoms with E-state index in [1.807, 2.05) is 0 Å². The van der Waals surface area contributed by atoms with E-state index < -0.39 is 10.0 Å². The molecule has 0 unspecified atom stereocenters. The van der Waals surface area contributed by atoms with Gasteiger partial charge >= 0.3 is 0 Å². The lowest BCUT2D eigenvalue weighted by Crippen LogP contribution is -2.33. The van der Waals surface area contributed by atoms with Gasteiger partial charge in [-0.3, -0.25) is 4.79 Å². The fourth-order valence-corrected chi connectivity index (χ4v) is 4.87. The number of carbonyl (C=O) groups excluding carboxylic acids is 1. The van der Waals surface area contributed by atoms with Gasteiger partial charge in [0.25, 0.3) is 5.91 Å². The molecule has 1 aromatic rings. The molecule has 2 N–H and O–H groups in total. The number of benzene rings is 1. The lowest BCUT2D eigenvalue weighted by Gasteiger charge is -2.15. The minimum atomic E-state index is -3.75. The first-order valence-electron chi connectivity index (χ1n) is 10.1. The largest absolute Gasteiger partial charge is 0.495 e. The molecule has 1 aromatic carbocycles. The van der Waals surface area contributed by atoms with E-state index in [9.17, 15) is 13.2 Å². The van der Waals surface area contributed by atoms with Gasteiger partial charge in [-0.2, -0.15) is 0 Å². The zero-order chi connectivity index (χ0) is 20.0. The SMILES string of the molecule is COc1ccc(C(=O)NCCCOCC2CC2)cc1S(=O)(=O)NC1CCCC1. The molecule has 0 bridgehead atoms. The summed E-state index contributed by atoms with van der Waals surface area (Å²) in [4.78, 5) is 12.4. The smallest absolute Gasteiger partial charge is 0.251 e. The predicted octanol–water partition coefficient (Wildman–Crippen LogP) is 2.46. The van der Waals surface area contributed by atoms with Crippen LogP contribution < -0.4 is 14.8 Å². The van der Waals surface area contributed by atoms with Crippen LogP contribution in [0.3, 0.4) is 0 Å². The van der Waals surface area contributed by atoms with Crippen LogP contribution in [-0.2, 0) is 14.8 Å². The van der Waals surface area contributed by atoms with Gasteiger partial charge < -0.3 is 14.8 Å². The van der Waals surface area contributed by atoms with Gasteiger partial charge in [0, 0.05) is 31.4 Å². The van der Waals surface area contributed by atoms with Crippen LogP contribution in [-0.4, -0.2) is 47.2 Å². The molecule has 2 fully saturated rings.